The van der Waals surface area contributed by atoms with Crippen LogP contribution in [0.1, 0.15) is 38.3 Å². The fraction of sp³-hybridized carbons (Fsp3) is 0.500. The Bertz CT molecular complexity index is 230. The highest BCUT2D eigenvalue weighted by Gasteiger charge is 2.08. The summed E-state index contributed by atoms with van der Waals surface area (Å²) in [5.74, 6) is 0.704. The molecule has 1 heteroatoms. The summed E-state index contributed by atoms with van der Waals surface area (Å²) in [6.07, 6.45) is 2.26. The van der Waals surface area contributed by atoms with Gasteiger partial charge in [0, 0.05) is 6.04 Å². The maximum Gasteiger partial charge on any atom is 0.0297 e. The van der Waals surface area contributed by atoms with E-state index < -0.39 is 0 Å². The van der Waals surface area contributed by atoms with Crippen molar-refractivity contribution in [3.8, 4) is 0 Å². The van der Waals surface area contributed by atoms with Gasteiger partial charge in [-0.15, -0.1) is 0 Å². The third-order valence-electron chi connectivity index (χ3n) is 2.51. The molecular weight excluding hydrogens is 158 g/mol. The van der Waals surface area contributed by atoms with Crippen molar-refractivity contribution in [2.45, 2.75) is 32.7 Å². The highest BCUT2D eigenvalue weighted by Crippen LogP contribution is 2.19. The molecule has 0 saturated heterocycles. The van der Waals surface area contributed by atoms with Gasteiger partial charge in [0.1, 0.15) is 0 Å². The summed E-state index contributed by atoms with van der Waals surface area (Å²) in [6.45, 7) is 4.45. The lowest BCUT2D eigenvalue weighted by Gasteiger charge is -2.15. The lowest BCUT2D eigenvalue weighted by Crippen LogP contribution is -2.13. The summed E-state index contributed by atoms with van der Waals surface area (Å²) >= 11 is 0. The van der Waals surface area contributed by atoms with E-state index in [1.54, 1.807) is 0 Å². The van der Waals surface area contributed by atoms with Gasteiger partial charge in [-0.25, -0.2) is 0 Å². The molecule has 0 aliphatic rings. The van der Waals surface area contributed by atoms with Crippen LogP contribution in [0.15, 0.2) is 24.3 Å². The van der Waals surface area contributed by atoms with E-state index in [2.05, 4.69) is 26.0 Å². The molecule has 1 rings (SSSR count). The quantitative estimate of drug-likeness (QED) is 0.750. The van der Waals surface area contributed by atoms with Gasteiger partial charge in [-0.3, -0.25) is 0 Å². The van der Waals surface area contributed by atoms with Crippen LogP contribution in [-0.2, 0) is 0 Å². The molecule has 2 N–H and O–H groups in total. The molecule has 0 fully saturated rings. The summed E-state index contributed by atoms with van der Waals surface area (Å²) in [5, 5.41) is 0. The second-order valence-corrected chi connectivity index (χ2v) is 3.69. The van der Waals surface area contributed by atoms with Crippen LogP contribution >= 0.6 is 0 Å². The topological polar surface area (TPSA) is 26.0 Å². The van der Waals surface area contributed by atoms with Gasteiger partial charge in [0.25, 0.3) is 0 Å². The molecule has 0 aromatic heterocycles. The normalized spacial score (nSPS) is 15.3. The van der Waals surface area contributed by atoms with Gasteiger partial charge in [-0.1, -0.05) is 38.5 Å². The summed E-state index contributed by atoms with van der Waals surface area (Å²) in [4.78, 5) is 0. The summed E-state index contributed by atoms with van der Waals surface area (Å²) in [6, 6.07) is 11.2. The largest absolute Gasteiger partial charge is 0.324 e. The first-order valence-corrected chi connectivity index (χ1v) is 4.95. The highest BCUT2D eigenvalue weighted by molar-refractivity contribution is 5.17. The minimum absolute atomic E-state index is 0.174. The molecule has 1 aromatic rings. The van der Waals surface area contributed by atoms with E-state index in [1.165, 1.54) is 12.0 Å². The average molecular weight is 176 g/mol. The van der Waals surface area contributed by atoms with E-state index >= 15 is 0 Å². The van der Waals surface area contributed by atoms with Crippen LogP contribution in [0, 0.1) is 12.0 Å². The van der Waals surface area contributed by atoms with Crippen molar-refractivity contribution in [2.75, 3.05) is 0 Å². The molecular formula is C12H18N. The van der Waals surface area contributed by atoms with Crippen LogP contribution in [0.25, 0.3) is 0 Å². The minimum Gasteiger partial charge on any atom is -0.324 e. The Balaban J connectivity index is 2.53. The Labute approximate surface area is 81.0 Å². The van der Waals surface area contributed by atoms with Gasteiger partial charge in [0.15, 0.2) is 0 Å². The van der Waals surface area contributed by atoms with Crippen molar-refractivity contribution < 1.29 is 0 Å². The molecule has 71 valence electrons. The Morgan fingerprint density at radius 3 is 2.85 bits per heavy atom. The molecule has 1 aromatic carbocycles. The summed E-state index contributed by atoms with van der Waals surface area (Å²) < 4.78 is 0. The molecule has 0 amide bonds. The SMILES string of the molecule is CCC(C)CC(N)c1c[c]ccc1. The molecule has 1 radical (unpaired) electrons. The molecule has 0 aliphatic heterocycles. The van der Waals surface area contributed by atoms with Gasteiger partial charge in [-0.2, -0.15) is 0 Å². The lowest BCUT2D eigenvalue weighted by molar-refractivity contribution is 0.461. The van der Waals surface area contributed by atoms with Crippen LogP contribution in [-0.4, -0.2) is 0 Å². The molecule has 0 heterocycles. The molecule has 1 nitrogen and oxygen atoms in total. The number of nitrogens with two attached hydrogens (primary N) is 1. The lowest BCUT2D eigenvalue weighted by atomic mass is 9.95. The summed E-state index contributed by atoms with van der Waals surface area (Å²) in [5.41, 5.74) is 7.25. The fourth-order valence-electron chi connectivity index (χ4n) is 1.37. The zero-order chi connectivity index (χ0) is 9.68. The highest BCUT2D eigenvalue weighted by atomic mass is 14.6. The Kier molecular flexibility index (Phi) is 3.97. The van der Waals surface area contributed by atoms with Crippen LogP contribution in [0.2, 0.25) is 0 Å². The first-order valence-electron chi connectivity index (χ1n) is 4.95. The van der Waals surface area contributed by atoms with E-state index in [-0.39, 0.29) is 6.04 Å². The van der Waals surface area contributed by atoms with E-state index in [9.17, 15) is 0 Å². The second kappa shape index (κ2) is 5.03. The summed E-state index contributed by atoms with van der Waals surface area (Å²) in [7, 11) is 0. The monoisotopic (exact) mass is 176 g/mol. The van der Waals surface area contributed by atoms with Gasteiger partial charge in [-0.05, 0) is 30.0 Å². The van der Waals surface area contributed by atoms with Gasteiger partial charge < -0.3 is 5.73 Å². The van der Waals surface area contributed by atoms with Crippen LogP contribution < -0.4 is 5.73 Å². The standard InChI is InChI=1S/C12H18N/c1-3-10(2)9-12(13)11-7-5-4-6-8-11/h4-5,7-8,10,12H,3,9,13H2,1-2H3. The smallest absolute Gasteiger partial charge is 0.0297 e. The van der Waals surface area contributed by atoms with Crippen molar-refractivity contribution in [3.05, 3.63) is 35.9 Å². The van der Waals surface area contributed by atoms with Crippen LogP contribution in [0.3, 0.4) is 0 Å². The minimum atomic E-state index is 0.174. The fourth-order valence-corrected chi connectivity index (χ4v) is 1.37. The molecule has 0 aliphatic carbocycles. The van der Waals surface area contributed by atoms with Crippen molar-refractivity contribution in [1.82, 2.24) is 0 Å². The van der Waals surface area contributed by atoms with Crippen molar-refractivity contribution in [3.63, 3.8) is 0 Å². The number of hydrogen-bond acceptors (Lipinski definition) is 1. The second-order valence-electron chi connectivity index (χ2n) is 3.69. The van der Waals surface area contributed by atoms with Crippen LogP contribution in [0.5, 0.6) is 0 Å². The number of benzene rings is 1. The maximum atomic E-state index is 6.05. The maximum absolute atomic E-state index is 6.05. The Morgan fingerprint density at radius 2 is 2.31 bits per heavy atom. The Hall–Kier alpha value is -0.820. The molecule has 0 saturated carbocycles. The van der Waals surface area contributed by atoms with Gasteiger partial charge >= 0.3 is 0 Å². The zero-order valence-corrected chi connectivity index (χ0v) is 8.46. The van der Waals surface area contributed by atoms with E-state index in [0.29, 0.717) is 5.92 Å². The molecule has 0 bridgehead atoms. The third-order valence-corrected chi connectivity index (χ3v) is 2.51. The number of hydrogen-bond donors (Lipinski definition) is 1. The molecule has 2 atom stereocenters. The predicted octanol–water partition coefficient (Wildman–Crippen LogP) is 2.92. The van der Waals surface area contributed by atoms with Gasteiger partial charge in [0.05, 0.1) is 0 Å². The molecule has 13 heavy (non-hydrogen) atoms. The van der Waals surface area contributed by atoms with Crippen molar-refractivity contribution in [1.29, 1.82) is 0 Å². The first-order chi connectivity index (χ1) is 6.24. The predicted molar refractivity (Wildman–Crippen MR) is 56.3 cm³/mol. The van der Waals surface area contributed by atoms with Crippen LogP contribution in [0.4, 0.5) is 0 Å². The van der Waals surface area contributed by atoms with E-state index in [0.717, 1.165) is 6.42 Å². The third kappa shape index (κ3) is 3.19. The van der Waals surface area contributed by atoms with Crippen molar-refractivity contribution in [2.24, 2.45) is 11.7 Å². The van der Waals surface area contributed by atoms with Gasteiger partial charge in [0.2, 0.25) is 0 Å². The zero-order valence-electron chi connectivity index (χ0n) is 8.46. The van der Waals surface area contributed by atoms with Crippen molar-refractivity contribution >= 4 is 0 Å². The molecule has 2 unspecified atom stereocenters. The molecule has 0 spiro atoms. The first kappa shape index (κ1) is 10.3. The average Bonchev–Trinajstić information content (AvgIpc) is 2.19. The number of rotatable bonds is 4. The van der Waals surface area contributed by atoms with E-state index in [1.807, 2.05) is 18.2 Å². The Morgan fingerprint density at radius 1 is 1.54 bits per heavy atom. The van der Waals surface area contributed by atoms with E-state index in [4.69, 9.17) is 5.73 Å².